The largest absolute Gasteiger partial charge is 0.367 e. The molecule has 2 N–H and O–H groups in total. The van der Waals surface area contributed by atoms with Gasteiger partial charge in [0.25, 0.3) is 0 Å². The third-order valence-corrected chi connectivity index (χ3v) is 2.37. The zero-order valence-corrected chi connectivity index (χ0v) is 9.91. The summed E-state index contributed by atoms with van der Waals surface area (Å²) < 4.78 is 0. The SMILES string of the molecule is CCNc1nccc(NC(C)C(C)C)n1. The van der Waals surface area contributed by atoms with E-state index < -0.39 is 0 Å². The Balaban J connectivity index is 2.64. The van der Waals surface area contributed by atoms with Crippen molar-refractivity contribution in [2.75, 3.05) is 17.2 Å². The number of nitrogens with zero attached hydrogens (tertiary/aromatic N) is 2. The van der Waals surface area contributed by atoms with E-state index in [0.29, 0.717) is 17.9 Å². The monoisotopic (exact) mass is 208 g/mol. The van der Waals surface area contributed by atoms with Crippen LogP contribution in [0.4, 0.5) is 11.8 Å². The first-order valence-corrected chi connectivity index (χ1v) is 5.47. The zero-order valence-electron chi connectivity index (χ0n) is 9.91. The van der Waals surface area contributed by atoms with E-state index >= 15 is 0 Å². The van der Waals surface area contributed by atoms with Crippen molar-refractivity contribution in [2.45, 2.75) is 33.7 Å². The molecule has 0 spiro atoms. The standard InChI is InChI=1S/C11H20N4/c1-5-12-11-13-7-6-10(15-11)14-9(4)8(2)3/h6-9H,5H2,1-4H3,(H2,12,13,14,15). The van der Waals surface area contributed by atoms with Crippen LogP contribution in [0.5, 0.6) is 0 Å². The summed E-state index contributed by atoms with van der Waals surface area (Å²) in [5.74, 6) is 2.14. The molecule has 4 nitrogen and oxygen atoms in total. The summed E-state index contributed by atoms with van der Waals surface area (Å²) in [6.45, 7) is 9.39. The minimum atomic E-state index is 0.411. The Morgan fingerprint density at radius 2 is 2.07 bits per heavy atom. The molecule has 1 unspecified atom stereocenters. The molecule has 0 saturated heterocycles. The molecule has 1 atom stereocenters. The molecular weight excluding hydrogens is 188 g/mol. The van der Waals surface area contributed by atoms with E-state index in [-0.39, 0.29) is 0 Å². The van der Waals surface area contributed by atoms with Gasteiger partial charge in [-0.15, -0.1) is 0 Å². The van der Waals surface area contributed by atoms with Gasteiger partial charge < -0.3 is 10.6 Å². The molecule has 15 heavy (non-hydrogen) atoms. The van der Waals surface area contributed by atoms with Crippen LogP contribution in [0, 0.1) is 5.92 Å². The van der Waals surface area contributed by atoms with Crippen molar-refractivity contribution in [1.82, 2.24) is 9.97 Å². The molecule has 1 heterocycles. The molecule has 0 aliphatic rings. The van der Waals surface area contributed by atoms with E-state index in [1.807, 2.05) is 13.0 Å². The highest BCUT2D eigenvalue weighted by atomic mass is 15.1. The number of aromatic nitrogens is 2. The summed E-state index contributed by atoms with van der Waals surface area (Å²) in [5, 5.41) is 6.44. The maximum Gasteiger partial charge on any atom is 0.224 e. The summed E-state index contributed by atoms with van der Waals surface area (Å²) in [7, 11) is 0. The third-order valence-electron chi connectivity index (χ3n) is 2.37. The Bertz CT molecular complexity index is 298. The van der Waals surface area contributed by atoms with Crippen LogP contribution in [0.2, 0.25) is 0 Å². The molecule has 0 amide bonds. The first-order valence-electron chi connectivity index (χ1n) is 5.47. The number of anilines is 2. The average molecular weight is 208 g/mol. The van der Waals surface area contributed by atoms with Crippen LogP contribution in [0.25, 0.3) is 0 Å². The highest BCUT2D eigenvalue weighted by Crippen LogP contribution is 2.10. The van der Waals surface area contributed by atoms with Crippen LogP contribution in [-0.4, -0.2) is 22.6 Å². The highest BCUT2D eigenvalue weighted by molar-refractivity contribution is 5.40. The van der Waals surface area contributed by atoms with Crippen molar-refractivity contribution in [3.05, 3.63) is 12.3 Å². The van der Waals surface area contributed by atoms with Crippen molar-refractivity contribution in [3.63, 3.8) is 0 Å². The van der Waals surface area contributed by atoms with E-state index in [0.717, 1.165) is 12.4 Å². The second kappa shape index (κ2) is 5.53. The Morgan fingerprint density at radius 3 is 2.67 bits per heavy atom. The number of rotatable bonds is 5. The molecule has 1 aromatic heterocycles. The zero-order chi connectivity index (χ0) is 11.3. The van der Waals surface area contributed by atoms with Crippen LogP contribution in [-0.2, 0) is 0 Å². The highest BCUT2D eigenvalue weighted by Gasteiger charge is 2.07. The van der Waals surface area contributed by atoms with Gasteiger partial charge in [0.05, 0.1) is 0 Å². The van der Waals surface area contributed by atoms with Crippen LogP contribution < -0.4 is 10.6 Å². The van der Waals surface area contributed by atoms with Gasteiger partial charge >= 0.3 is 0 Å². The minimum Gasteiger partial charge on any atom is -0.367 e. The maximum absolute atomic E-state index is 4.35. The molecule has 1 aromatic rings. The van der Waals surface area contributed by atoms with E-state index in [1.54, 1.807) is 6.20 Å². The Labute approximate surface area is 91.5 Å². The van der Waals surface area contributed by atoms with Crippen molar-refractivity contribution in [3.8, 4) is 0 Å². The van der Waals surface area contributed by atoms with Crippen molar-refractivity contribution in [1.29, 1.82) is 0 Å². The molecular formula is C11H20N4. The lowest BCUT2D eigenvalue weighted by molar-refractivity contribution is 0.558. The van der Waals surface area contributed by atoms with Crippen molar-refractivity contribution < 1.29 is 0 Å². The normalized spacial score (nSPS) is 12.6. The van der Waals surface area contributed by atoms with Crippen molar-refractivity contribution >= 4 is 11.8 Å². The van der Waals surface area contributed by atoms with Gasteiger partial charge in [-0.25, -0.2) is 4.98 Å². The molecule has 0 radical (unpaired) electrons. The lowest BCUT2D eigenvalue weighted by Gasteiger charge is -2.18. The van der Waals surface area contributed by atoms with Crippen LogP contribution >= 0.6 is 0 Å². The molecule has 84 valence electrons. The predicted molar refractivity (Wildman–Crippen MR) is 64.1 cm³/mol. The van der Waals surface area contributed by atoms with Gasteiger partial charge in [0.15, 0.2) is 0 Å². The predicted octanol–water partition coefficient (Wildman–Crippen LogP) is 2.36. The second-order valence-corrected chi connectivity index (χ2v) is 3.97. The molecule has 0 saturated carbocycles. The quantitative estimate of drug-likeness (QED) is 0.780. The van der Waals surface area contributed by atoms with Gasteiger partial charge in [0, 0.05) is 18.8 Å². The van der Waals surface area contributed by atoms with Gasteiger partial charge in [-0.3, -0.25) is 0 Å². The number of nitrogens with one attached hydrogen (secondary N) is 2. The molecule has 0 bridgehead atoms. The summed E-state index contributed by atoms with van der Waals surface area (Å²) in [4.78, 5) is 8.47. The molecule has 0 fully saturated rings. The molecule has 0 aliphatic carbocycles. The fourth-order valence-corrected chi connectivity index (χ4v) is 1.08. The van der Waals surface area contributed by atoms with Crippen LogP contribution in [0.3, 0.4) is 0 Å². The summed E-state index contributed by atoms with van der Waals surface area (Å²) in [6, 6.07) is 2.30. The Morgan fingerprint density at radius 1 is 1.33 bits per heavy atom. The van der Waals surface area contributed by atoms with E-state index in [2.05, 4.69) is 41.4 Å². The Kier molecular flexibility index (Phi) is 4.34. The number of hydrogen-bond acceptors (Lipinski definition) is 4. The van der Waals surface area contributed by atoms with Crippen LogP contribution in [0.1, 0.15) is 27.7 Å². The lowest BCUT2D eigenvalue weighted by Crippen LogP contribution is -2.22. The van der Waals surface area contributed by atoms with Gasteiger partial charge in [-0.2, -0.15) is 4.98 Å². The fourth-order valence-electron chi connectivity index (χ4n) is 1.08. The first kappa shape index (κ1) is 11.8. The van der Waals surface area contributed by atoms with E-state index in [1.165, 1.54) is 0 Å². The van der Waals surface area contributed by atoms with Crippen LogP contribution in [0.15, 0.2) is 12.3 Å². The Hall–Kier alpha value is -1.32. The number of hydrogen-bond donors (Lipinski definition) is 2. The minimum absolute atomic E-state index is 0.411. The summed E-state index contributed by atoms with van der Waals surface area (Å²) >= 11 is 0. The molecule has 0 aliphatic heterocycles. The second-order valence-electron chi connectivity index (χ2n) is 3.97. The van der Waals surface area contributed by atoms with Crippen molar-refractivity contribution in [2.24, 2.45) is 5.92 Å². The van der Waals surface area contributed by atoms with Gasteiger partial charge in [0.2, 0.25) is 5.95 Å². The van der Waals surface area contributed by atoms with Gasteiger partial charge in [-0.1, -0.05) is 13.8 Å². The third kappa shape index (κ3) is 3.73. The van der Waals surface area contributed by atoms with Gasteiger partial charge in [0.1, 0.15) is 5.82 Å². The first-order chi connectivity index (χ1) is 7.13. The molecule has 1 rings (SSSR count). The maximum atomic E-state index is 4.35. The summed E-state index contributed by atoms with van der Waals surface area (Å²) in [6.07, 6.45) is 1.76. The topological polar surface area (TPSA) is 49.8 Å². The van der Waals surface area contributed by atoms with E-state index in [4.69, 9.17) is 0 Å². The van der Waals surface area contributed by atoms with Gasteiger partial charge in [-0.05, 0) is 25.8 Å². The lowest BCUT2D eigenvalue weighted by atomic mass is 10.1. The fraction of sp³-hybridized carbons (Fsp3) is 0.636. The average Bonchev–Trinajstić information content (AvgIpc) is 2.18. The summed E-state index contributed by atoms with van der Waals surface area (Å²) in [5.41, 5.74) is 0. The molecule has 4 heteroatoms. The molecule has 0 aromatic carbocycles. The smallest absolute Gasteiger partial charge is 0.224 e. The van der Waals surface area contributed by atoms with E-state index in [9.17, 15) is 0 Å².